The van der Waals surface area contributed by atoms with Crippen LogP contribution in [0.5, 0.6) is 0 Å². The fraction of sp³-hybridized carbons (Fsp3) is 0.333. The molecular weight excluding hydrogens is 452 g/mol. The number of para-hydroxylation sites is 1. The van der Waals surface area contributed by atoms with Gasteiger partial charge in [-0.15, -0.1) is 21.5 Å². The van der Waals surface area contributed by atoms with Crippen LogP contribution in [0.3, 0.4) is 0 Å². The molecule has 0 N–H and O–H groups in total. The minimum Gasteiger partial charge on any atom is -0.379 e. The zero-order valence-electron chi connectivity index (χ0n) is 18.8. The lowest BCUT2D eigenvalue weighted by Gasteiger charge is -2.25. The highest BCUT2D eigenvalue weighted by atomic mass is 32.2. The summed E-state index contributed by atoms with van der Waals surface area (Å²) in [7, 11) is 0. The van der Waals surface area contributed by atoms with Crippen LogP contribution >= 0.6 is 23.1 Å². The third kappa shape index (κ3) is 3.69. The monoisotopic (exact) mass is 476 g/mol. The van der Waals surface area contributed by atoms with Gasteiger partial charge in [-0.05, 0) is 55.8 Å². The molecule has 0 unspecified atom stereocenters. The molecule has 5 heterocycles. The van der Waals surface area contributed by atoms with Crippen LogP contribution in [0.1, 0.15) is 21.8 Å². The Bertz CT molecular complexity index is 1500. The molecule has 0 bridgehead atoms. The number of ether oxygens (including phenoxy) is 1. The maximum Gasteiger partial charge on any atom is 0.202 e. The molecule has 7 nitrogen and oxygen atoms in total. The van der Waals surface area contributed by atoms with Crippen molar-refractivity contribution in [2.45, 2.75) is 37.5 Å². The van der Waals surface area contributed by atoms with Gasteiger partial charge in [0.1, 0.15) is 15.7 Å². The highest BCUT2D eigenvalue weighted by Crippen LogP contribution is 2.38. The molecule has 0 radical (unpaired) electrons. The minimum atomic E-state index is 0.728. The summed E-state index contributed by atoms with van der Waals surface area (Å²) in [4.78, 5) is 14.7. The van der Waals surface area contributed by atoms with Gasteiger partial charge >= 0.3 is 0 Å². The number of hydrogen-bond acceptors (Lipinski definition) is 8. The van der Waals surface area contributed by atoms with Crippen LogP contribution in [0.2, 0.25) is 0 Å². The lowest BCUT2D eigenvalue weighted by Crippen LogP contribution is -2.36. The van der Waals surface area contributed by atoms with Gasteiger partial charge in [0.2, 0.25) is 5.16 Å². The SMILES string of the molecule is Cc1sc2nc(CN3CCOCC3)nc(Sc3nnc4cc(C)c5ccccc5n34)c2c1C. The third-order valence-electron chi connectivity index (χ3n) is 6.27. The molecule has 33 heavy (non-hydrogen) atoms. The van der Waals surface area contributed by atoms with Gasteiger partial charge in [0.05, 0.1) is 25.3 Å². The van der Waals surface area contributed by atoms with E-state index in [9.17, 15) is 0 Å². The maximum atomic E-state index is 5.50. The summed E-state index contributed by atoms with van der Waals surface area (Å²) in [6.07, 6.45) is 0. The van der Waals surface area contributed by atoms with Gasteiger partial charge in [0, 0.05) is 28.7 Å². The predicted octanol–water partition coefficient (Wildman–Crippen LogP) is 4.80. The molecule has 1 saturated heterocycles. The molecular formula is C24H24N6OS2. The van der Waals surface area contributed by atoms with Crippen LogP contribution in [0.15, 0.2) is 40.5 Å². The second-order valence-corrected chi connectivity index (χ2v) is 10.6. The Hall–Kier alpha value is -2.59. The molecule has 4 aromatic heterocycles. The number of thiophene rings is 1. The Labute approximate surface area is 199 Å². The van der Waals surface area contributed by atoms with Crippen LogP contribution in [0, 0.1) is 20.8 Å². The van der Waals surface area contributed by atoms with E-state index in [4.69, 9.17) is 14.7 Å². The highest BCUT2D eigenvalue weighted by Gasteiger charge is 2.20. The van der Waals surface area contributed by atoms with Crippen molar-refractivity contribution in [3.63, 3.8) is 0 Å². The van der Waals surface area contributed by atoms with E-state index in [-0.39, 0.29) is 0 Å². The van der Waals surface area contributed by atoms with E-state index in [1.165, 1.54) is 21.4 Å². The smallest absolute Gasteiger partial charge is 0.202 e. The Morgan fingerprint density at radius 1 is 1.06 bits per heavy atom. The minimum absolute atomic E-state index is 0.728. The van der Waals surface area contributed by atoms with Gasteiger partial charge < -0.3 is 4.74 Å². The molecule has 1 aromatic carbocycles. The second-order valence-electron chi connectivity index (χ2n) is 8.42. The summed E-state index contributed by atoms with van der Waals surface area (Å²) in [6.45, 7) is 10.5. The molecule has 0 spiro atoms. The van der Waals surface area contributed by atoms with Gasteiger partial charge in [-0.3, -0.25) is 9.30 Å². The standard InChI is InChI=1S/C24H24N6OS2/c1-14-12-20-27-28-24(30(20)18-7-5-4-6-17(14)18)33-23-21-15(2)16(3)32-22(21)25-19(26-23)13-29-8-10-31-11-9-29/h4-7,12H,8-11,13H2,1-3H3. The average Bonchev–Trinajstić information content (AvgIpc) is 3.34. The van der Waals surface area contributed by atoms with E-state index >= 15 is 0 Å². The van der Waals surface area contributed by atoms with E-state index in [0.717, 1.165) is 70.2 Å². The number of nitrogens with zero attached hydrogens (tertiary/aromatic N) is 6. The first-order chi connectivity index (χ1) is 16.1. The van der Waals surface area contributed by atoms with Crippen molar-refractivity contribution in [2.24, 2.45) is 0 Å². The van der Waals surface area contributed by atoms with Gasteiger partial charge in [0.15, 0.2) is 5.65 Å². The van der Waals surface area contributed by atoms with Crippen molar-refractivity contribution >= 4 is 49.9 Å². The lowest BCUT2D eigenvalue weighted by molar-refractivity contribution is 0.0330. The molecule has 1 fully saturated rings. The van der Waals surface area contributed by atoms with Crippen molar-refractivity contribution in [3.05, 3.63) is 52.2 Å². The Morgan fingerprint density at radius 2 is 1.88 bits per heavy atom. The van der Waals surface area contributed by atoms with Crippen molar-refractivity contribution in [3.8, 4) is 0 Å². The molecule has 1 aliphatic rings. The first-order valence-electron chi connectivity index (χ1n) is 11.1. The van der Waals surface area contributed by atoms with Crippen molar-refractivity contribution < 1.29 is 4.74 Å². The van der Waals surface area contributed by atoms with Crippen molar-refractivity contribution in [1.82, 2.24) is 29.5 Å². The lowest BCUT2D eigenvalue weighted by atomic mass is 10.1. The van der Waals surface area contributed by atoms with Crippen LogP contribution < -0.4 is 0 Å². The zero-order chi connectivity index (χ0) is 22.5. The summed E-state index contributed by atoms with van der Waals surface area (Å²) in [5.41, 5.74) is 4.40. The van der Waals surface area contributed by atoms with E-state index in [1.807, 2.05) is 0 Å². The quantitative estimate of drug-likeness (QED) is 0.345. The van der Waals surface area contributed by atoms with E-state index in [0.29, 0.717) is 0 Å². The molecule has 9 heteroatoms. The van der Waals surface area contributed by atoms with Gasteiger partial charge in [-0.25, -0.2) is 9.97 Å². The first kappa shape index (κ1) is 21.0. The summed E-state index contributed by atoms with van der Waals surface area (Å²) in [6, 6.07) is 10.5. The number of benzene rings is 1. The Morgan fingerprint density at radius 3 is 2.73 bits per heavy atom. The average molecular weight is 477 g/mol. The normalized spacial score (nSPS) is 15.2. The highest BCUT2D eigenvalue weighted by molar-refractivity contribution is 7.99. The predicted molar refractivity (Wildman–Crippen MR) is 132 cm³/mol. The van der Waals surface area contributed by atoms with Crippen molar-refractivity contribution in [2.75, 3.05) is 26.3 Å². The van der Waals surface area contributed by atoms with Crippen LogP contribution in [0.25, 0.3) is 26.8 Å². The first-order valence-corrected chi connectivity index (χ1v) is 12.7. The van der Waals surface area contributed by atoms with Crippen LogP contribution in [-0.2, 0) is 11.3 Å². The maximum absolute atomic E-state index is 5.50. The molecule has 168 valence electrons. The van der Waals surface area contributed by atoms with Crippen LogP contribution in [0.4, 0.5) is 0 Å². The largest absolute Gasteiger partial charge is 0.379 e. The Kier molecular flexibility index (Phi) is 5.29. The van der Waals surface area contributed by atoms with Gasteiger partial charge in [0.25, 0.3) is 0 Å². The molecule has 1 aliphatic heterocycles. The second kappa shape index (κ2) is 8.32. The molecule has 0 saturated carbocycles. The zero-order valence-corrected chi connectivity index (χ0v) is 20.5. The molecule has 0 amide bonds. The van der Waals surface area contributed by atoms with E-state index < -0.39 is 0 Å². The number of aromatic nitrogens is 5. The topological polar surface area (TPSA) is 68.4 Å². The fourth-order valence-electron chi connectivity index (χ4n) is 4.39. The number of pyridine rings is 1. The van der Waals surface area contributed by atoms with E-state index in [2.05, 4.69) is 70.6 Å². The van der Waals surface area contributed by atoms with Gasteiger partial charge in [-0.1, -0.05) is 18.2 Å². The summed E-state index contributed by atoms with van der Waals surface area (Å²) in [5, 5.41) is 13.1. The fourth-order valence-corrected chi connectivity index (χ4v) is 6.54. The molecule has 0 aliphatic carbocycles. The number of fused-ring (bicyclic) bond motifs is 4. The number of rotatable bonds is 4. The summed E-state index contributed by atoms with van der Waals surface area (Å²) in [5.74, 6) is 0.850. The number of aryl methyl sites for hydroxylation is 3. The molecule has 5 aromatic rings. The number of hydrogen-bond donors (Lipinski definition) is 0. The van der Waals surface area contributed by atoms with Gasteiger partial charge in [-0.2, -0.15) is 0 Å². The van der Waals surface area contributed by atoms with Crippen molar-refractivity contribution in [1.29, 1.82) is 0 Å². The number of morpholine rings is 1. The van der Waals surface area contributed by atoms with E-state index in [1.54, 1.807) is 23.1 Å². The van der Waals surface area contributed by atoms with Crippen LogP contribution in [-0.4, -0.2) is 55.8 Å². The third-order valence-corrected chi connectivity index (χ3v) is 8.31. The molecule has 6 rings (SSSR count). The summed E-state index contributed by atoms with van der Waals surface area (Å²) < 4.78 is 7.64. The summed E-state index contributed by atoms with van der Waals surface area (Å²) >= 11 is 3.32. The molecule has 0 atom stereocenters. The Balaban J connectivity index is 1.48.